The third kappa shape index (κ3) is 4.43. The van der Waals surface area contributed by atoms with Crippen molar-refractivity contribution < 1.29 is 9.47 Å². The van der Waals surface area contributed by atoms with Crippen molar-refractivity contribution in [2.75, 3.05) is 27.2 Å². The zero-order valence-corrected chi connectivity index (χ0v) is 13.9. The molecule has 1 atom stereocenters. The fourth-order valence-electron chi connectivity index (χ4n) is 3.22. The number of ether oxygens (including phenoxy) is 2. The molecule has 0 aliphatic carbocycles. The van der Waals surface area contributed by atoms with Crippen LogP contribution in [0.1, 0.15) is 31.9 Å². The zero-order chi connectivity index (χ0) is 15.5. The van der Waals surface area contributed by atoms with Gasteiger partial charge in [-0.2, -0.15) is 0 Å². The van der Waals surface area contributed by atoms with Crippen molar-refractivity contribution in [1.82, 2.24) is 10.2 Å². The van der Waals surface area contributed by atoms with Crippen LogP contribution in [-0.2, 0) is 17.8 Å². The maximum Gasteiger partial charge on any atom is 0.123 e. The van der Waals surface area contributed by atoms with Crippen molar-refractivity contribution in [3.05, 3.63) is 29.3 Å². The molecule has 1 N–H and O–H groups in total. The Morgan fingerprint density at radius 3 is 2.81 bits per heavy atom. The van der Waals surface area contributed by atoms with Crippen LogP contribution in [0.15, 0.2) is 18.2 Å². The first kappa shape index (κ1) is 16.3. The Hall–Kier alpha value is -1.10. The van der Waals surface area contributed by atoms with Gasteiger partial charge in [0.05, 0.1) is 18.8 Å². The van der Waals surface area contributed by atoms with Crippen molar-refractivity contribution in [1.29, 1.82) is 0 Å². The van der Waals surface area contributed by atoms with Crippen LogP contribution in [0.3, 0.4) is 0 Å². The summed E-state index contributed by atoms with van der Waals surface area (Å²) in [4.78, 5) is 2.45. The van der Waals surface area contributed by atoms with Gasteiger partial charge in [-0.25, -0.2) is 0 Å². The second kappa shape index (κ2) is 6.77. The topological polar surface area (TPSA) is 33.7 Å². The van der Waals surface area contributed by atoms with Gasteiger partial charge < -0.3 is 14.8 Å². The summed E-state index contributed by atoms with van der Waals surface area (Å²) in [5.74, 6) is 0.965. The summed E-state index contributed by atoms with van der Waals surface area (Å²) in [6.45, 7) is 10.1. The van der Waals surface area contributed by atoms with E-state index in [4.69, 9.17) is 9.47 Å². The van der Waals surface area contributed by atoms with Crippen LogP contribution in [0, 0.1) is 0 Å². The van der Waals surface area contributed by atoms with Gasteiger partial charge in [0.25, 0.3) is 0 Å². The van der Waals surface area contributed by atoms with Gasteiger partial charge in [0.15, 0.2) is 0 Å². The van der Waals surface area contributed by atoms with E-state index in [0.717, 1.165) is 31.9 Å². The highest BCUT2D eigenvalue weighted by molar-refractivity contribution is 5.37. The Kier molecular flexibility index (Phi) is 5.25. The number of rotatable bonds is 5. The number of morpholine rings is 1. The van der Waals surface area contributed by atoms with E-state index in [1.807, 2.05) is 7.05 Å². The van der Waals surface area contributed by atoms with Crippen LogP contribution in [-0.4, -0.2) is 43.9 Å². The minimum absolute atomic E-state index is 0.0898. The normalized spacial score (nSPS) is 22.2. The Bertz CT molecular complexity index is 474. The minimum Gasteiger partial charge on any atom is -0.496 e. The molecule has 1 unspecified atom stereocenters. The molecular formula is C17H28N2O2. The minimum atomic E-state index is -0.0898. The lowest BCUT2D eigenvalue weighted by molar-refractivity contribution is -0.130. The molecule has 0 saturated carbocycles. The Morgan fingerprint density at radius 1 is 1.43 bits per heavy atom. The molecule has 1 saturated heterocycles. The van der Waals surface area contributed by atoms with Crippen molar-refractivity contribution in [3.63, 3.8) is 0 Å². The highest BCUT2D eigenvalue weighted by Gasteiger charge is 2.31. The highest BCUT2D eigenvalue weighted by Crippen LogP contribution is 2.26. The molecule has 0 amide bonds. The fourth-order valence-corrected chi connectivity index (χ4v) is 3.22. The van der Waals surface area contributed by atoms with E-state index < -0.39 is 0 Å². The van der Waals surface area contributed by atoms with Gasteiger partial charge in [0, 0.05) is 31.7 Å². The number of benzene rings is 1. The van der Waals surface area contributed by atoms with Crippen LogP contribution >= 0.6 is 0 Å². The van der Waals surface area contributed by atoms with E-state index >= 15 is 0 Å². The van der Waals surface area contributed by atoms with Crippen molar-refractivity contribution in [3.8, 4) is 5.75 Å². The van der Waals surface area contributed by atoms with Gasteiger partial charge in [0.1, 0.15) is 5.75 Å². The van der Waals surface area contributed by atoms with Crippen molar-refractivity contribution >= 4 is 0 Å². The summed E-state index contributed by atoms with van der Waals surface area (Å²) in [6, 6.07) is 6.42. The first-order valence-corrected chi connectivity index (χ1v) is 7.64. The SMILES string of the molecule is CNCc1ccc(OC)c(CN2CC(C)OC(C)(C)C2)c1. The first-order valence-electron chi connectivity index (χ1n) is 7.64. The zero-order valence-electron chi connectivity index (χ0n) is 13.9. The molecule has 0 aromatic heterocycles. The monoisotopic (exact) mass is 292 g/mol. The molecule has 1 heterocycles. The smallest absolute Gasteiger partial charge is 0.123 e. The largest absolute Gasteiger partial charge is 0.496 e. The maximum absolute atomic E-state index is 5.98. The molecule has 0 spiro atoms. The lowest BCUT2D eigenvalue weighted by Gasteiger charge is -2.41. The molecule has 4 heteroatoms. The molecule has 21 heavy (non-hydrogen) atoms. The van der Waals surface area contributed by atoms with Gasteiger partial charge in [-0.15, -0.1) is 0 Å². The first-order chi connectivity index (χ1) is 9.93. The van der Waals surface area contributed by atoms with E-state index in [2.05, 4.69) is 49.2 Å². The number of methoxy groups -OCH3 is 1. The quantitative estimate of drug-likeness (QED) is 0.903. The Morgan fingerprint density at radius 2 is 2.19 bits per heavy atom. The van der Waals surface area contributed by atoms with E-state index in [1.54, 1.807) is 7.11 Å². The van der Waals surface area contributed by atoms with Gasteiger partial charge >= 0.3 is 0 Å². The molecule has 1 aromatic rings. The van der Waals surface area contributed by atoms with Gasteiger partial charge in [-0.1, -0.05) is 6.07 Å². The molecule has 118 valence electrons. The molecule has 4 nitrogen and oxygen atoms in total. The van der Waals surface area contributed by atoms with Gasteiger partial charge in [-0.05, 0) is 45.5 Å². The predicted octanol–water partition coefficient (Wildman–Crippen LogP) is 2.41. The summed E-state index contributed by atoms with van der Waals surface area (Å²) < 4.78 is 11.5. The molecule has 1 aliphatic heterocycles. The summed E-state index contributed by atoms with van der Waals surface area (Å²) in [6.07, 6.45) is 0.264. The molecule has 1 aliphatic rings. The summed E-state index contributed by atoms with van der Waals surface area (Å²) in [5.41, 5.74) is 2.44. The third-order valence-electron chi connectivity index (χ3n) is 3.76. The number of nitrogens with one attached hydrogen (secondary N) is 1. The van der Waals surface area contributed by atoms with Gasteiger partial charge in [-0.3, -0.25) is 4.90 Å². The van der Waals surface area contributed by atoms with E-state index in [-0.39, 0.29) is 11.7 Å². The van der Waals surface area contributed by atoms with Crippen molar-refractivity contribution in [2.24, 2.45) is 0 Å². The van der Waals surface area contributed by atoms with E-state index in [1.165, 1.54) is 11.1 Å². The van der Waals surface area contributed by atoms with Crippen LogP contribution in [0.4, 0.5) is 0 Å². The maximum atomic E-state index is 5.98. The molecule has 0 radical (unpaired) electrons. The fraction of sp³-hybridized carbons (Fsp3) is 0.647. The van der Waals surface area contributed by atoms with Crippen LogP contribution in [0.5, 0.6) is 5.75 Å². The second-order valence-electron chi connectivity index (χ2n) is 6.53. The second-order valence-corrected chi connectivity index (χ2v) is 6.53. The number of hydrogen-bond donors (Lipinski definition) is 1. The van der Waals surface area contributed by atoms with Crippen LogP contribution in [0.2, 0.25) is 0 Å². The average molecular weight is 292 g/mol. The van der Waals surface area contributed by atoms with Gasteiger partial charge in [0.2, 0.25) is 0 Å². The standard InChI is InChI=1S/C17H28N2O2/c1-13-10-19(12-17(2,3)21-13)11-15-8-14(9-18-4)6-7-16(15)20-5/h6-8,13,18H,9-12H2,1-5H3. The molecule has 1 aromatic carbocycles. The highest BCUT2D eigenvalue weighted by atomic mass is 16.5. The lowest BCUT2D eigenvalue weighted by atomic mass is 10.0. The average Bonchev–Trinajstić information content (AvgIpc) is 2.37. The van der Waals surface area contributed by atoms with E-state index in [0.29, 0.717) is 0 Å². The Balaban J connectivity index is 2.15. The lowest BCUT2D eigenvalue weighted by Crippen LogP contribution is -2.51. The molecule has 2 rings (SSSR count). The summed E-state index contributed by atoms with van der Waals surface area (Å²) in [5, 5.41) is 3.20. The molecular weight excluding hydrogens is 264 g/mol. The number of nitrogens with zero attached hydrogens (tertiary/aromatic N) is 1. The molecule has 0 bridgehead atoms. The van der Waals surface area contributed by atoms with Crippen molar-refractivity contribution in [2.45, 2.75) is 45.6 Å². The number of hydrogen-bond acceptors (Lipinski definition) is 4. The van der Waals surface area contributed by atoms with E-state index in [9.17, 15) is 0 Å². The predicted molar refractivity (Wildman–Crippen MR) is 85.7 cm³/mol. The van der Waals surface area contributed by atoms with Crippen LogP contribution < -0.4 is 10.1 Å². The third-order valence-corrected chi connectivity index (χ3v) is 3.76. The molecule has 1 fully saturated rings. The summed E-state index contributed by atoms with van der Waals surface area (Å²) in [7, 11) is 3.71. The van der Waals surface area contributed by atoms with Crippen LogP contribution in [0.25, 0.3) is 0 Å². The Labute approximate surface area is 128 Å². The summed E-state index contributed by atoms with van der Waals surface area (Å²) >= 11 is 0.